The highest BCUT2D eigenvalue weighted by molar-refractivity contribution is 9.10. The van der Waals surface area contributed by atoms with Gasteiger partial charge in [-0.05, 0) is 95.8 Å². The molecule has 0 heterocycles. The summed E-state index contributed by atoms with van der Waals surface area (Å²) in [5, 5.41) is 2.40. The fourth-order valence-corrected chi connectivity index (χ4v) is 7.53. The first-order valence-corrected chi connectivity index (χ1v) is 19.4. The fourth-order valence-electron chi connectivity index (χ4n) is 6.94. The van der Waals surface area contributed by atoms with Gasteiger partial charge in [0.1, 0.15) is 0 Å². The third-order valence-electron chi connectivity index (χ3n) is 9.80. The van der Waals surface area contributed by atoms with Crippen LogP contribution in [-0.4, -0.2) is 0 Å². The van der Waals surface area contributed by atoms with Gasteiger partial charge < -0.3 is 0 Å². The molecule has 0 saturated carbocycles. The van der Waals surface area contributed by atoms with E-state index in [9.17, 15) is 0 Å². The van der Waals surface area contributed by atoms with E-state index in [0.717, 1.165) is 32.3 Å². The van der Waals surface area contributed by atoms with Crippen LogP contribution in [0.25, 0.3) is 58.4 Å². The molecule has 0 aliphatic carbocycles. The molecule has 262 valence electrons. The van der Waals surface area contributed by atoms with Crippen molar-refractivity contribution in [2.75, 3.05) is 0 Å². The maximum absolute atomic E-state index is 3.87. The molecule has 0 amide bonds. The van der Waals surface area contributed by atoms with Gasteiger partial charge in [0.2, 0.25) is 0 Å². The summed E-state index contributed by atoms with van der Waals surface area (Å²) >= 11 is 3.87. The van der Waals surface area contributed by atoms with E-state index >= 15 is 0 Å². The molecule has 0 bridgehead atoms. The molecule has 8 rings (SSSR count). The Morgan fingerprint density at radius 2 is 0.673 bits per heavy atom. The summed E-state index contributed by atoms with van der Waals surface area (Å²) < 4.78 is 1.08. The molecule has 8 aromatic carbocycles. The summed E-state index contributed by atoms with van der Waals surface area (Å²) in [5.74, 6) is 0. The summed E-state index contributed by atoms with van der Waals surface area (Å²) in [7, 11) is 0. The molecule has 0 aliphatic heterocycles. The van der Waals surface area contributed by atoms with Crippen LogP contribution in [0.5, 0.6) is 0 Å². The summed E-state index contributed by atoms with van der Waals surface area (Å²) in [6.45, 7) is 0. The van der Waals surface area contributed by atoms with Crippen molar-refractivity contribution >= 4 is 74.3 Å². The van der Waals surface area contributed by atoms with Crippen molar-refractivity contribution in [2.24, 2.45) is 0 Å². The van der Waals surface area contributed by atoms with E-state index in [1.54, 1.807) is 0 Å². The van der Waals surface area contributed by atoms with Crippen molar-refractivity contribution in [3.05, 3.63) is 260 Å². The van der Waals surface area contributed by atoms with Gasteiger partial charge in [0.15, 0.2) is 0 Å². The Balaban J connectivity index is 1.08. The Morgan fingerprint density at radius 3 is 1.09 bits per heavy atom. The summed E-state index contributed by atoms with van der Waals surface area (Å²) in [5.41, 5.74) is 14.2. The highest BCUT2D eigenvalue weighted by Gasteiger charge is 2.09. The smallest absolute Gasteiger partial charge is 0.0260 e. The number of fused-ring (bicyclic) bond motifs is 1. The van der Waals surface area contributed by atoms with Crippen LogP contribution in [0.15, 0.2) is 205 Å². The van der Waals surface area contributed by atoms with Crippen LogP contribution < -0.4 is 0 Å². The minimum atomic E-state index is 1.08. The average molecular weight is 768 g/mol. The van der Waals surface area contributed by atoms with Gasteiger partial charge in [-0.2, -0.15) is 0 Å². The van der Waals surface area contributed by atoms with Crippen molar-refractivity contribution in [3.8, 4) is 0 Å². The highest BCUT2D eigenvalue weighted by atomic mass is 79.9. The van der Waals surface area contributed by atoms with Gasteiger partial charge in [-0.1, -0.05) is 234 Å². The topological polar surface area (TPSA) is 0 Å². The van der Waals surface area contributed by atoms with E-state index in [2.05, 4.69) is 253 Å². The fraction of sp³-hybridized carbons (Fsp3) is 0. The molecule has 0 aliphatic rings. The molecular formula is C54H39Br. The Hall–Kier alpha value is -6.54. The quantitative estimate of drug-likeness (QED) is 0.122. The number of benzene rings is 8. The molecule has 0 unspecified atom stereocenters. The second kappa shape index (κ2) is 17.1. The molecule has 1 heteroatoms. The first-order chi connectivity index (χ1) is 27.2. The van der Waals surface area contributed by atoms with E-state index in [0.29, 0.717) is 0 Å². The summed E-state index contributed by atoms with van der Waals surface area (Å²) in [4.78, 5) is 0. The van der Waals surface area contributed by atoms with Crippen molar-refractivity contribution in [1.82, 2.24) is 0 Å². The lowest BCUT2D eigenvalue weighted by Gasteiger charge is -2.10. The molecule has 55 heavy (non-hydrogen) atoms. The van der Waals surface area contributed by atoms with Crippen LogP contribution in [0.2, 0.25) is 0 Å². The summed E-state index contributed by atoms with van der Waals surface area (Å²) in [6, 6.07) is 70.8. The van der Waals surface area contributed by atoms with Crippen LogP contribution in [0.1, 0.15) is 55.6 Å². The summed E-state index contributed by atoms with van der Waals surface area (Å²) in [6.07, 6.45) is 13.4. The molecule has 8 aromatic rings. The predicted molar refractivity (Wildman–Crippen MR) is 242 cm³/mol. The minimum Gasteiger partial charge on any atom is -0.0622 e. The standard InChI is InChI=1S/C54H39Br/c55-54-39-48(35-33-40-25-29-42(30-26-40)37-52(44-15-5-1-6-16-44)45-17-7-2-8-18-45)49(50-23-13-14-24-51(50)54)36-34-41-27-31-43(32-28-41)38-53(46-19-9-3-10-20-46)47-21-11-4-12-22-47/h1-39H/b35-33+,36-34-. The van der Waals surface area contributed by atoms with Gasteiger partial charge in [0.25, 0.3) is 0 Å². The lowest BCUT2D eigenvalue weighted by Crippen LogP contribution is -1.88. The monoisotopic (exact) mass is 766 g/mol. The van der Waals surface area contributed by atoms with Crippen molar-refractivity contribution in [2.45, 2.75) is 0 Å². The average Bonchev–Trinajstić information content (AvgIpc) is 3.26. The van der Waals surface area contributed by atoms with Gasteiger partial charge >= 0.3 is 0 Å². The van der Waals surface area contributed by atoms with Gasteiger partial charge in [0, 0.05) is 4.47 Å². The van der Waals surface area contributed by atoms with Gasteiger partial charge in [-0.3, -0.25) is 0 Å². The lowest BCUT2D eigenvalue weighted by molar-refractivity contribution is 1.55. The van der Waals surface area contributed by atoms with Crippen molar-refractivity contribution < 1.29 is 0 Å². The SMILES string of the molecule is Brc1cc(/C=C/c2ccc(C=C(c3ccccc3)c3ccccc3)cc2)c(/C=C\c2ccc(C=C(c3ccccc3)c3ccccc3)cc2)c2ccccc12. The molecule has 0 spiro atoms. The van der Waals surface area contributed by atoms with E-state index in [1.165, 1.54) is 49.7 Å². The maximum atomic E-state index is 3.87. The maximum Gasteiger partial charge on any atom is 0.0260 e. The largest absolute Gasteiger partial charge is 0.0622 e. The number of hydrogen-bond acceptors (Lipinski definition) is 0. The van der Waals surface area contributed by atoms with Gasteiger partial charge in [-0.15, -0.1) is 0 Å². The Labute approximate surface area is 332 Å². The Morgan fingerprint density at radius 1 is 0.327 bits per heavy atom. The van der Waals surface area contributed by atoms with E-state index < -0.39 is 0 Å². The molecule has 0 saturated heterocycles. The molecule has 0 N–H and O–H groups in total. The van der Waals surface area contributed by atoms with Crippen LogP contribution in [0.3, 0.4) is 0 Å². The highest BCUT2D eigenvalue weighted by Crippen LogP contribution is 2.33. The van der Waals surface area contributed by atoms with Gasteiger partial charge in [-0.25, -0.2) is 0 Å². The Bertz CT molecular complexity index is 2550. The number of halogens is 1. The zero-order chi connectivity index (χ0) is 37.2. The van der Waals surface area contributed by atoms with Crippen LogP contribution in [0, 0.1) is 0 Å². The predicted octanol–water partition coefficient (Wildman–Crippen LogP) is 15.1. The lowest BCUT2D eigenvalue weighted by atomic mass is 9.95. The molecule has 0 nitrogen and oxygen atoms in total. The van der Waals surface area contributed by atoms with Crippen LogP contribution >= 0.6 is 15.9 Å². The zero-order valence-corrected chi connectivity index (χ0v) is 32.0. The third kappa shape index (κ3) is 8.65. The van der Waals surface area contributed by atoms with E-state index in [1.807, 2.05) is 0 Å². The first kappa shape index (κ1) is 35.5. The number of rotatable bonds is 10. The third-order valence-corrected chi connectivity index (χ3v) is 10.5. The van der Waals surface area contributed by atoms with E-state index in [-0.39, 0.29) is 0 Å². The van der Waals surface area contributed by atoms with Gasteiger partial charge in [0.05, 0.1) is 0 Å². The second-order valence-electron chi connectivity index (χ2n) is 13.5. The number of hydrogen-bond donors (Lipinski definition) is 0. The van der Waals surface area contributed by atoms with E-state index in [4.69, 9.17) is 0 Å². The Kier molecular flexibility index (Phi) is 11.0. The van der Waals surface area contributed by atoms with Crippen molar-refractivity contribution in [3.63, 3.8) is 0 Å². The zero-order valence-electron chi connectivity index (χ0n) is 30.4. The molecule has 0 aromatic heterocycles. The normalized spacial score (nSPS) is 11.2. The minimum absolute atomic E-state index is 1.08. The molecular weight excluding hydrogens is 728 g/mol. The van der Waals surface area contributed by atoms with Crippen molar-refractivity contribution in [1.29, 1.82) is 0 Å². The van der Waals surface area contributed by atoms with Crippen LogP contribution in [0.4, 0.5) is 0 Å². The molecule has 0 atom stereocenters. The second-order valence-corrected chi connectivity index (χ2v) is 14.3. The molecule has 0 radical (unpaired) electrons. The molecule has 0 fully saturated rings. The van der Waals surface area contributed by atoms with Crippen LogP contribution in [-0.2, 0) is 0 Å². The first-order valence-electron chi connectivity index (χ1n) is 18.6.